The molecule has 0 radical (unpaired) electrons. The summed E-state index contributed by atoms with van der Waals surface area (Å²) >= 11 is 0. The van der Waals surface area contributed by atoms with Crippen molar-refractivity contribution in [3.8, 4) is 0 Å². The highest BCUT2D eigenvalue weighted by Crippen LogP contribution is 2.39. The van der Waals surface area contributed by atoms with Crippen molar-refractivity contribution in [3.05, 3.63) is 0 Å². The molecule has 2 fully saturated rings. The first kappa shape index (κ1) is 9.44. The van der Waals surface area contributed by atoms with Crippen LogP contribution in [0.25, 0.3) is 0 Å². The Hall–Kier alpha value is -0.120. The molecule has 76 valence electrons. The SMILES string of the molecule is CC1(C)OC2CCC[C@H](CN)C2O1. The van der Waals surface area contributed by atoms with E-state index in [-0.39, 0.29) is 12.2 Å². The average Bonchev–Trinajstić information content (AvgIpc) is 2.37. The first-order valence-corrected chi connectivity index (χ1v) is 5.18. The smallest absolute Gasteiger partial charge is 0.163 e. The lowest BCUT2D eigenvalue weighted by molar-refractivity contribution is -0.148. The number of hydrogen-bond acceptors (Lipinski definition) is 3. The van der Waals surface area contributed by atoms with E-state index in [9.17, 15) is 0 Å². The number of ether oxygens (including phenoxy) is 2. The maximum Gasteiger partial charge on any atom is 0.163 e. The highest BCUT2D eigenvalue weighted by atomic mass is 16.8. The van der Waals surface area contributed by atoms with E-state index in [2.05, 4.69) is 0 Å². The number of nitrogens with two attached hydrogens (primary N) is 1. The fraction of sp³-hybridized carbons (Fsp3) is 1.00. The Morgan fingerprint density at radius 1 is 1.31 bits per heavy atom. The Balaban J connectivity index is 2.08. The lowest BCUT2D eigenvalue weighted by atomic mass is 9.85. The van der Waals surface area contributed by atoms with Gasteiger partial charge in [0, 0.05) is 5.92 Å². The van der Waals surface area contributed by atoms with Crippen LogP contribution in [0.4, 0.5) is 0 Å². The molecule has 1 aliphatic carbocycles. The van der Waals surface area contributed by atoms with Gasteiger partial charge in [0.2, 0.25) is 0 Å². The van der Waals surface area contributed by atoms with Gasteiger partial charge in [-0.2, -0.15) is 0 Å². The minimum absolute atomic E-state index is 0.244. The van der Waals surface area contributed by atoms with Crippen molar-refractivity contribution in [1.82, 2.24) is 0 Å². The van der Waals surface area contributed by atoms with E-state index in [0.717, 1.165) is 13.0 Å². The van der Waals surface area contributed by atoms with E-state index >= 15 is 0 Å². The maximum absolute atomic E-state index is 5.85. The van der Waals surface area contributed by atoms with Crippen LogP contribution in [0.5, 0.6) is 0 Å². The van der Waals surface area contributed by atoms with Gasteiger partial charge < -0.3 is 15.2 Å². The lowest BCUT2D eigenvalue weighted by Gasteiger charge is -2.30. The van der Waals surface area contributed by atoms with Crippen molar-refractivity contribution >= 4 is 0 Å². The molecule has 13 heavy (non-hydrogen) atoms. The molecule has 2 rings (SSSR count). The summed E-state index contributed by atoms with van der Waals surface area (Å²) in [4.78, 5) is 0. The highest BCUT2D eigenvalue weighted by Gasteiger charge is 2.46. The van der Waals surface area contributed by atoms with E-state index < -0.39 is 5.79 Å². The fourth-order valence-corrected chi connectivity index (χ4v) is 2.48. The second kappa shape index (κ2) is 3.23. The van der Waals surface area contributed by atoms with Crippen LogP contribution in [0, 0.1) is 5.92 Å². The van der Waals surface area contributed by atoms with Crippen LogP contribution in [0.3, 0.4) is 0 Å². The summed E-state index contributed by atoms with van der Waals surface area (Å²) in [6, 6.07) is 0. The Labute approximate surface area is 79.6 Å². The lowest BCUT2D eigenvalue weighted by Crippen LogP contribution is -2.39. The summed E-state index contributed by atoms with van der Waals surface area (Å²) in [5.74, 6) is 0.105. The minimum Gasteiger partial charge on any atom is -0.345 e. The molecule has 0 aromatic rings. The number of hydrogen-bond donors (Lipinski definition) is 1. The molecule has 0 spiro atoms. The molecular weight excluding hydrogens is 166 g/mol. The molecule has 1 aliphatic heterocycles. The van der Waals surface area contributed by atoms with Gasteiger partial charge in [-0.1, -0.05) is 6.42 Å². The molecule has 1 heterocycles. The van der Waals surface area contributed by atoms with Crippen LogP contribution in [0.1, 0.15) is 33.1 Å². The normalized spacial score (nSPS) is 43.2. The van der Waals surface area contributed by atoms with E-state index in [0.29, 0.717) is 5.92 Å². The summed E-state index contributed by atoms with van der Waals surface area (Å²) in [5, 5.41) is 0. The highest BCUT2D eigenvalue weighted by molar-refractivity contribution is 4.90. The summed E-state index contributed by atoms with van der Waals surface area (Å²) in [6.07, 6.45) is 4.08. The van der Waals surface area contributed by atoms with Gasteiger partial charge in [0.1, 0.15) is 0 Å². The Bertz CT molecular complexity index is 193. The molecule has 1 saturated carbocycles. The van der Waals surface area contributed by atoms with Crippen LogP contribution in [0.15, 0.2) is 0 Å². The third kappa shape index (κ3) is 1.73. The number of rotatable bonds is 1. The third-order valence-electron chi connectivity index (χ3n) is 3.05. The first-order valence-electron chi connectivity index (χ1n) is 5.18. The van der Waals surface area contributed by atoms with E-state index in [1.165, 1.54) is 12.8 Å². The molecule has 0 aromatic heterocycles. The molecule has 0 amide bonds. The molecule has 3 atom stereocenters. The van der Waals surface area contributed by atoms with Crippen molar-refractivity contribution in [2.24, 2.45) is 11.7 Å². The van der Waals surface area contributed by atoms with Crippen molar-refractivity contribution in [1.29, 1.82) is 0 Å². The topological polar surface area (TPSA) is 44.5 Å². The predicted molar refractivity (Wildman–Crippen MR) is 50.2 cm³/mol. The van der Waals surface area contributed by atoms with E-state index in [4.69, 9.17) is 15.2 Å². The zero-order valence-electron chi connectivity index (χ0n) is 8.45. The van der Waals surface area contributed by atoms with Crippen molar-refractivity contribution in [2.75, 3.05) is 6.54 Å². The zero-order chi connectivity index (χ0) is 9.47. The maximum atomic E-state index is 5.85. The van der Waals surface area contributed by atoms with Gasteiger partial charge in [0.05, 0.1) is 12.2 Å². The largest absolute Gasteiger partial charge is 0.345 e. The Morgan fingerprint density at radius 3 is 2.77 bits per heavy atom. The molecule has 3 nitrogen and oxygen atoms in total. The molecular formula is C10H19NO2. The minimum atomic E-state index is -0.396. The van der Waals surface area contributed by atoms with Crippen LogP contribution >= 0.6 is 0 Å². The Kier molecular flexibility index (Phi) is 2.34. The van der Waals surface area contributed by atoms with Gasteiger partial charge in [-0.25, -0.2) is 0 Å². The van der Waals surface area contributed by atoms with E-state index in [1.54, 1.807) is 0 Å². The zero-order valence-corrected chi connectivity index (χ0v) is 8.45. The van der Waals surface area contributed by atoms with Crippen LogP contribution in [0.2, 0.25) is 0 Å². The molecule has 2 N–H and O–H groups in total. The fourth-order valence-electron chi connectivity index (χ4n) is 2.48. The molecule has 3 heteroatoms. The molecule has 1 saturated heterocycles. The quantitative estimate of drug-likeness (QED) is 0.669. The van der Waals surface area contributed by atoms with Crippen molar-refractivity contribution in [3.63, 3.8) is 0 Å². The van der Waals surface area contributed by atoms with Gasteiger partial charge in [-0.3, -0.25) is 0 Å². The van der Waals surface area contributed by atoms with Gasteiger partial charge in [0.25, 0.3) is 0 Å². The second-order valence-corrected chi connectivity index (χ2v) is 4.57. The Morgan fingerprint density at radius 2 is 2.08 bits per heavy atom. The van der Waals surface area contributed by atoms with Gasteiger partial charge in [-0.05, 0) is 33.2 Å². The summed E-state index contributed by atoms with van der Waals surface area (Å²) in [6.45, 7) is 4.69. The molecule has 0 bridgehead atoms. The third-order valence-corrected chi connectivity index (χ3v) is 3.05. The van der Waals surface area contributed by atoms with Crippen LogP contribution in [-0.2, 0) is 9.47 Å². The standard InChI is InChI=1S/C10H19NO2/c1-10(2)12-8-5-3-4-7(6-11)9(8)13-10/h7-9H,3-6,11H2,1-2H3/t7-,8?,9?/m1/s1. The van der Waals surface area contributed by atoms with Crippen LogP contribution in [-0.4, -0.2) is 24.5 Å². The van der Waals surface area contributed by atoms with Crippen molar-refractivity contribution in [2.45, 2.75) is 51.1 Å². The summed E-state index contributed by atoms with van der Waals surface area (Å²) in [5.41, 5.74) is 5.71. The first-order chi connectivity index (χ1) is 6.12. The summed E-state index contributed by atoms with van der Waals surface area (Å²) < 4.78 is 11.7. The molecule has 2 aliphatic rings. The number of fused-ring (bicyclic) bond motifs is 1. The molecule has 2 unspecified atom stereocenters. The van der Waals surface area contributed by atoms with Crippen LogP contribution < -0.4 is 5.73 Å². The second-order valence-electron chi connectivity index (χ2n) is 4.57. The van der Waals surface area contributed by atoms with Gasteiger partial charge in [0.15, 0.2) is 5.79 Å². The van der Waals surface area contributed by atoms with Gasteiger partial charge >= 0.3 is 0 Å². The monoisotopic (exact) mass is 185 g/mol. The van der Waals surface area contributed by atoms with E-state index in [1.807, 2.05) is 13.8 Å². The van der Waals surface area contributed by atoms with Crippen molar-refractivity contribution < 1.29 is 9.47 Å². The average molecular weight is 185 g/mol. The van der Waals surface area contributed by atoms with Gasteiger partial charge in [-0.15, -0.1) is 0 Å². The molecule has 0 aromatic carbocycles. The predicted octanol–water partition coefficient (Wildman–Crippen LogP) is 1.27. The summed E-state index contributed by atoms with van der Waals surface area (Å²) in [7, 11) is 0.